The Hall–Kier alpha value is -3.13. The maximum Gasteiger partial charge on any atom is 0.220 e. The summed E-state index contributed by atoms with van der Waals surface area (Å²) in [6.07, 6.45) is 2.87. The van der Waals surface area contributed by atoms with E-state index in [2.05, 4.69) is 20.6 Å². The first-order valence-corrected chi connectivity index (χ1v) is 11.3. The third-order valence-corrected chi connectivity index (χ3v) is 6.24. The second-order valence-corrected chi connectivity index (χ2v) is 8.86. The molecular formula is C24H26ClFN4O3. The maximum absolute atomic E-state index is 13.8. The van der Waals surface area contributed by atoms with Crippen LogP contribution in [0.3, 0.4) is 0 Å². The van der Waals surface area contributed by atoms with Gasteiger partial charge in [-0.15, -0.1) is 0 Å². The van der Waals surface area contributed by atoms with Crippen LogP contribution in [0.5, 0.6) is 5.75 Å². The van der Waals surface area contributed by atoms with E-state index in [0.29, 0.717) is 43.7 Å². The molecule has 0 radical (unpaired) electrons. The lowest BCUT2D eigenvalue weighted by Crippen LogP contribution is -2.44. The van der Waals surface area contributed by atoms with Gasteiger partial charge in [-0.25, -0.2) is 9.37 Å². The Bertz CT molecular complexity index is 1180. The third-order valence-electron chi connectivity index (χ3n) is 6.00. The van der Waals surface area contributed by atoms with Crippen LogP contribution >= 0.6 is 11.6 Å². The summed E-state index contributed by atoms with van der Waals surface area (Å²) in [7, 11) is 1.42. The molecule has 0 aliphatic carbocycles. The topological polar surface area (TPSA) is 96.1 Å². The maximum atomic E-state index is 13.8. The van der Waals surface area contributed by atoms with Crippen LogP contribution in [-0.4, -0.2) is 41.0 Å². The van der Waals surface area contributed by atoms with Crippen LogP contribution in [0.1, 0.15) is 37.1 Å². The number of fused-ring (bicyclic) bond motifs is 1. The molecule has 4 rings (SSSR count). The average Bonchev–Trinajstić information content (AvgIpc) is 3.36. The van der Waals surface area contributed by atoms with Gasteiger partial charge < -0.3 is 20.4 Å². The predicted molar refractivity (Wildman–Crippen MR) is 124 cm³/mol. The summed E-state index contributed by atoms with van der Waals surface area (Å²) in [6.45, 7) is 0.445. The zero-order chi connectivity index (χ0) is 23.4. The van der Waals surface area contributed by atoms with Gasteiger partial charge in [0, 0.05) is 36.4 Å². The van der Waals surface area contributed by atoms with E-state index in [1.165, 1.54) is 13.2 Å². The minimum Gasteiger partial charge on any atom is -0.494 e. The van der Waals surface area contributed by atoms with E-state index >= 15 is 0 Å². The Morgan fingerprint density at radius 3 is 2.91 bits per heavy atom. The number of carbonyl (C=O) groups excluding carboxylic acids is 2. The van der Waals surface area contributed by atoms with Crippen LogP contribution in [0.4, 0.5) is 4.39 Å². The molecule has 0 spiro atoms. The summed E-state index contributed by atoms with van der Waals surface area (Å²) in [5.41, 5.74) is 2.01. The van der Waals surface area contributed by atoms with E-state index < -0.39 is 11.4 Å². The highest BCUT2D eigenvalue weighted by Gasteiger charge is 2.38. The average molecular weight is 473 g/mol. The number of ether oxygens (including phenoxy) is 1. The summed E-state index contributed by atoms with van der Waals surface area (Å²) in [4.78, 5) is 32.2. The van der Waals surface area contributed by atoms with Crippen molar-refractivity contribution in [1.29, 1.82) is 0 Å². The molecule has 1 aliphatic heterocycles. The zero-order valence-electron chi connectivity index (χ0n) is 18.3. The minimum absolute atomic E-state index is 0.0329. The number of benzene rings is 2. The molecule has 2 heterocycles. The largest absolute Gasteiger partial charge is 0.494 e. The van der Waals surface area contributed by atoms with Crippen LogP contribution in [0, 0.1) is 5.82 Å². The summed E-state index contributed by atoms with van der Waals surface area (Å²) >= 11 is 6.00. The Labute approximate surface area is 196 Å². The fourth-order valence-electron chi connectivity index (χ4n) is 4.30. The molecule has 174 valence electrons. The van der Waals surface area contributed by atoms with Gasteiger partial charge in [-0.1, -0.05) is 17.7 Å². The summed E-state index contributed by atoms with van der Waals surface area (Å²) in [5.74, 6) is 0.383. The second kappa shape index (κ2) is 9.79. The van der Waals surface area contributed by atoms with Gasteiger partial charge in [0.15, 0.2) is 11.6 Å². The van der Waals surface area contributed by atoms with Crippen molar-refractivity contribution in [2.75, 3.05) is 13.7 Å². The molecule has 3 aromatic rings. The molecule has 1 saturated heterocycles. The Kier molecular flexibility index (Phi) is 6.83. The number of H-pyrrole nitrogens is 1. The highest BCUT2D eigenvalue weighted by Crippen LogP contribution is 2.31. The fraction of sp³-hybridized carbons (Fsp3) is 0.375. The van der Waals surface area contributed by atoms with Gasteiger partial charge in [0.25, 0.3) is 0 Å². The molecule has 0 saturated carbocycles. The number of methoxy groups -OCH3 is 1. The number of rotatable bonds is 9. The monoisotopic (exact) mass is 472 g/mol. The second-order valence-electron chi connectivity index (χ2n) is 8.42. The van der Waals surface area contributed by atoms with Crippen molar-refractivity contribution in [3.63, 3.8) is 0 Å². The summed E-state index contributed by atoms with van der Waals surface area (Å²) in [6, 6.07) is 10.1. The van der Waals surface area contributed by atoms with E-state index in [4.69, 9.17) is 16.3 Å². The Balaban J connectivity index is 1.32. The number of aromatic nitrogens is 2. The molecule has 2 amide bonds. The minimum atomic E-state index is -0.532. The van der Waals surface area contributed by atoms with Crippen molar-refractivity contribution in [1.82, 2.24) is 20.6 Å². The molecule has 9 heteroatoms. The van der Waals surface area contributed by atoms with Gasteiger partial charge in [-0.05, 0) is 55.2 Å². The summed E-state index contributed by atoms with van der Waals surface area (Å²) < 4.78 is 18.8. The number of amides is 2. The molecule has 3 N–H and O–H groups in total. The van der Waals surface area contributed by atoms with E-state index in [1.807, 2.05) is 12.1 Å². The number of carbonyl (C=O) groups is 2. The van der Waals surface area contributed by atoms with Gasteiger partial charge in [0.05, 0.1) is 18.1 Å². The summed E-state index contributed by atoms with van der Waals surface area (Å²) in [5, 5.41) is 6.60. The van der Waals surface area contributed by atoms with Crippen LogP contribution in [-0.2, 0) is 22.4 Å². The van der Waals surface area contributed by atoms with Crippen molar-refractivity contribution >= 4 is 34.4 Å². The van der Waals surface area contributed by atoms with Gasteiger partial charge in [0.2, 0.25) is 11.8 Å². The number of hydrogen-bond donors (Lipinski definition) is 3. The smallest absolute Gasteiger partial charge is 0.220 e. The van der Waals surface area contributed by atoms with E-state index in [-0.39, 0.29) is 24.0 Å². The molecule has 7 nitrogen and oxygen atoms in total. The molecule has 2 aromatic carbocycles. The first-order valence-electron chi connectivity index (χ1n) is 10.9. The van der Waals surface area contributed by atoms with E-state index in [0.717, 1.165) is 22.4 Å². The lowest BCUT2D eigenvalue weighted by atomic mass is 9.85. The Morgan fingerprint density at radius 2 is 2.15 bits per heavy atom. The van der Waals surface area contributed by atoms with E-state index in [1.54, 1.807) is 18.2 Å². The SMILES string of the molecule is COc1cc(C[C@@]2(CCC(=O)NCCc3nc4ccc(Cl)cc4[nH]3)CCC(=O)N2)ccc1F. The molecule has 1 aromatic heterocycles. The van der Waals surface area contributed by atoms with Gasteiger partial charge in [0.1, 0.15) is 5.82 Å². The molecule has 0 bridgehead atoms. The molecule has 1 atom stereocenters. The number of nitrogens with zero attached hydrogens (tertiary/aromatic N) is 1. The lowest BCUT2D eigenvalue weighted by Gasteiger charge is -2.29. The number of nitrogens with one attached hydrogen (secondary N) is 3. The molecule has 1 fully saturated rings. The first kappa shape index (κ1) is 23.0. The normalized spacial score (nSPS) is 17.8. The highest BCUT2D eigenvalue weighted by atomic mass is 35.5. The van der Waals surface area contributed by atoms with Crippen LogP contribution < -0.4 is 15.4 Å². The van der Waals surface area contributed by atoms with Crippen LogP contribution in [0.2, 0.25) is 5.02 Å². The number of imidazole rings is 1. The lowest BCUT2D eigenvalue weighted by molar-refractivity contribution is -0.122. The van der Waals surface area contributed by atoms with Gasteiger partial charge >= 0.3 is 0 Å². The van der Waals surface area contributed by atoms with Crippen molar-refractivity contribution in [3.8, 4) is 5.75 Å². The Morgan fingerprint density at radius 1 is 1.30 bits per heavy atom. The van der Waals surface area contributed by atoms with Gasteiger partial charge in [-0.3, -0.25) is 9.59 Å². The van der Waals surface area contributed by atoms with Crippen molar-refractivity contribution in [3.05, 3.63) is 58.6 Å². The first-order chi connectivity index (χ1) is 15.9. The molecule has 0 unspecified atom stereocenters. The van der Waals surface area contributed by atoms with Gasteiger partial charge in [-0.2, -0.15) is 0 Å². The molecule has 33 heavy (non-hydrogen) atoms. The molecular weight excluding hydrogens is 447 g/mol. The van der Waals surface area contributed by atoms with Crippen molar-refractivity contribution in [2.45, 2.75) is 44.1 Å². The standard InChI is InChI=1S/C24H26ClFN4O3/c1-33-20-12-15(2-4-17(20)26)14-24(10-7-23(32)30-24)9-6-22(31)27-11-8-21-28-18-5-3-16(25)13-19(18)29-21/h2-5,12-13H,6-11,14H2,1H3,(H,27,31)(H,28,29)(H,30,32)/t24-/m1/s1. The fourth-order valence-corrected chi connectivity index (χ4v) is 4.47. The molecule has 1 aliphatic rings. The van der Waals surface area contributed by atoms with Crippen molar-refractivity contribution < 1.29 is 18.7 Å². The number of aromatic amines is 1. The van der Waals surface area contributed by atoms with Crippen LogP contribution in [0.15, 0.2) is 36.4 Å². The number of halogens is 2. The van der Waals surface area contributed by atoms with Crippen molar-refractivity contribution in [2.24, 2.45) is 0 Å². The van der Waals surface area contributed by atoms with Crippen LogP contribution in [0.25, 0.3) is 11.0 Å². The number of hydrogen-bond acceptors (Lipinski definition) is 4. The predicted octanol–water partition coefficient (Wildman–Crippen LogP) is 3.69. The quantitative estimate of drug-likeness (QED) is 0.442. The third kappa shape index (κ3) is 5.63. The highest BCUT2D eigenvalue weighted by molar-refractivity contribution is 6.31. The zero-order valence-corrected chi connectivity index (χ0v) is 19.1. The van der Waals surface area contributed by atoms with E-state index in [9.17, 15) is 14.0 Å².